The second kappa shape index (κ2) is 6.12. The molecule has 118 valence electrons. The van der Waals surface area contributed by atoms with Gasteiger partial charge in [-0.25, -0.2) is 0 Å². The minimum absolute atomic E-state index is 0.0433. The zero-order valence-electron chi connectivity index (χ0n) is 12.9. The van der Waals surface area contributed by atoms with Crippen LogP contribution in [0, 0.1) is 0 Å². The van der Waals surface area contributed by atoms with Crippen molar-refractivity contribution in [3.05, 3.63) is 34.9 Å². The lowest BCUT2D eigenvalue weighted by molar-refractivity contribution is 0.0674. The summed E-state index contributed by atoms with van der Waals surface area (Å²) in [6.45, 7) is 0.727. The predicted octanol–water partition coefficient (Wildman–Crippen LogP) is 2.56. The molecule has 3 rings (SSSR count). The van der Waals surface area contributed by atoms with E-state index in [1.54, 1.807) is 22.6 Å². The smallest absolute Gasteiger partial charge is 0.276 e. The number of hydrogen-bond acceptors (Lipinski definition) is 3. The van der Waals surface area contributed by atoms with E-state index in [-0.39, 0.29) is 11.9 Å². The van der Waals surface area contributed by atoms with E-state index in [9.17, 15) is 4.79 Å². The molecule has 0 aliphatic carbocycles. The van der Waals surface area contributed by atoms with Crippen LogP contribution in [-0.4, -0.2) is 36.9 Å². The van der Waals surface area contributed by atoms with Crippen LogP contribution < -0.4 is 0 Å². The van der Waals surface area contributed by atoms with Gasteiger partial charge in [-0.3, -0.25) is 14.2 Å². The molecular weight excluding hydrogens is 302 g/mol. The number of carbonyl (C=O) groups is 1. The Kier molecular flexibility index (Phi) is 4.20. The summed E-state index contributed by atoms with van der Waals surface area (Å²) in [7, 11) is 3.66. The van der Waals surface area contributed by atoms with Crippen molar-refractivity contribution in [1.82, 2.24) is 24.5 Å². The number of aromatic nitrogens is 4. The Morgan fingerprint density at radius 2 is 2.05 bits per heavy atom. The molecule has 1 atom stereocenters. The summed E-state index contributed by atoms with van der Waals surface area (Å²) in [6, 6.07) is 0.0433. The van der Waals surface area contributed by atoms with Crippen molar-refractivity contribution in [2.75, 3.05) is 6.54 Å². The largest absolute Gasteiger partial charge is 0.330 e. The molecule has 2 aromatic rings. The van der Waals surface area contributed by atoms with E-state index in [0.717, 1.165) is 37.8 Å². The minimum Gasteiger partial charge on any atom is -0.330 e. The van der Waals surface area contributed by atoms with Crippen LogP contribution in [0.1, 0.15) is 47.8 Å². The van der Waals surface area contributed by atoms with E-state index in [1.165, 1.54) is 0 Å². The molecule has 1 fully saturated rings. The molecule has 6 nitrogen and oxygen atoms in total. The lowest BCUT2D eigenvalue weighted by atomic mass is 10.0. The van der Waals surface area contributed by atoms with E-state index in [4.69, 9.17) is 11.6 Å². The van der Waals surface area contributed by atoms with Crippen molar-refractivity contribution in [2.24, 2.45) is 14.1 Å². The monoisotopic (exact) mass is 321 g/mol. The van der Waals surface area contributed by atoms with Gasteiger partial charge in [0.25, 0.3) is 5.91 Å². The Balaban J connectivity index is 1.93. The van der Waals surface area contributed by atoms with Crippen molar-refractivity contribution in [1.29, 1.82) is 0 Å². The Morgan fingerprint density at radius 3 is 2.68 bits per heavy atom. The summed E-state index contributed by atoms with van der Waals surface area (Å²) in [6.07, 6.45) is 9.68. The Morgan fingerprint density at radius 1 is 1.23 bits per heavy atom. The molecule has 0 saturated carbocycles. The second-order valence-electron chi connectivity index (χ2n) is 5.81. The topological polar surface area (TPSA) is 56.0 Å². The van der Waals surface area contributed by atoms with Gasteiger partial charge in [0.2, 0.25) is 0 Å². The average molecular weight is 322 g/mol. The highest BCUT2D eigenvalue weighted by Crippen LogP contribution is 2.31. The average Bonchev–Trinajstić information content (AvgIpc) is 2.95. The molecule has 0 radical (unpaired) electrons. The van der Waals surface area contributed by atoms with E-state index in [2.05, 4.69) is 10.2 Å². The SMILES string of the molecule is Cn1cc(C2CCCCCN2C(=O)c2nn(C)cc2Cl)cn1. The summed E-state index contributed by atoms with van der Waals surface area (Å²) < 4.78 is 3.35. The van der Waals surface area contributed by atoms with E-state index in [1.807, 2.05) is 24.3 Å². The first-order chi connectivity index (χ1) is 10.6. The second-order valence-corrected chi connectivity index (χ2v) is 6.22. The standard InChI is InChI=1S/C15H20ClN5O/c1-19-9-11(8-17-19)13-6-4-3-5-7-21(13)15(22)14-12(16)10-20(2)18-14/h8-10,13H,3-7H2,1-2H3. The van der Waals surface area contributed by atoms with Crippen LogP contribution in [0.3, 0.4) is 0 Å². The van der Waals surface area contributed by atoms with Gasteiger partial charge in [-0.2, -0.15) is 10.2 Å². The van der Waals surface area contributed by atoms with Gasteiger partial charge in [0, 0.05) is 38.6 Å². The third kappa shape index (κ3) is 2.88. The molecule has 1 saturated heterocycles. The molecule has 0 bridgehead atoms. The molecule has 1 aliphatic rings. The van der Waals surface area contributed by atoms with Crippen molar-refractivity contribution in [3.63, 3.8) is 0 Å². The van der Waals surface area contributed by atoms with E-state index in [0.29, 0.717) is 10.7 Å². The Bertz CT molecular complexity index is 677. The fourth-order valence-electron chi connectivity index (χ4n) is 3.05. The van der Waals surface area contributed by atoms with Gasteiger partial charge in [-0.15, -0.1) is 0 Å². The lowest BCUT2D eigenvalue weighted by Gasteiger charge is -2.29. The highest BCUT2D eigenvalue weighted by Gasteiger charge is 2.30. The van der Waals surface area contributed by atoms with Gasteiger partial charge in [0.1, 0.15) is 0 Å². The molecule has 1 aliphatic heterocycles. The lowest BCUT2D eigenvalue weighted by Crippen LogP contribution is -2.35. The van der Waals surface area contributed by atoms with Gasteiger partial charge in [0.15, 0.2) is 5.69 Å². The number of carbonyl (C=O) groups excluding carboxylic acids is 1. The maximum atomic E-state index is 12.9. The number of nitrogens with zero attached hydrogens (tertiary/aromatic N) is 5. The van der Waals surface area contributed by atoms with Gasteiger partial charge in [-0.1, -0.05) is 24.4 Å². The van der Waals surface area contributed by atoms with Crippen LogP contribution in [-0.2, 0) is 14.1 Å². The normalized spacial score (nSPS) is 19.2. The molecular formula is C15H20ClN5O. The van der Waals surface area contributed by atoms with E-state index < -0.39 is 0 Å². The van der Waals surface area contributed by atoms with Crippen molar-refractivity contribution >= 4 is 17.5 Å². The van der Waals surface area contributed by atoms with Gasteiger partial charge >= 0.3 is 0 Å². The molecule has 0 spiro atoms. The highest BCUT2D eigenvalue weighted by molar-refractivity contribution is 6.33. The fourth-order valence-corrected chi connectivity index (χ4v) is 3.31. The predicted molar refractivity (Wildman–Crippen MR) is 83.7 cm³/mol. The van der Waals surface area contributed by atoms with Crippen molar-refractivity contribution in [3.8, 4) is 0 Å². The third-order valence-corrected chi connectivity index (χ3v) is 4.39. The van der Waals surface area contributed by atoms with Crippen LogP contribution in [0.25, 0.3) is 0 Å². The summed E-state index contributed by atoms with van der Waals surface area (Å²) >= 11 is 6.15. The van der Waals surface area contributed by atoms with Gasteiger partial charge < -0.3 is 4.90 Å². The molecule has 1 unspecified atom stereocenters. The van der Waals surface area contributed by atoms with Gasteiger partial charge in [0.05, 0.1) is 17.3 Å². The number of halogens is 1. The number of amides is 1. The Hall–Kier alpha value is -1.82. The number of aryl methyl sites for hydroxylation is 2. The van der Waals surface area contributed by atoms with Gasteiger partial charge in [-0.05, 0) is 12.8 Å². The van der Waals surface area contributed by atoms with Crippen molar-refractivity contribution < 1.29 is 4.79 Å². The minimum atomic E-state index is -0.0960. The molecule has 0 N–H and O–H groups in total. The first kappa shape index (κ1) is 15.1. The molecule has 7 heteroatoms. The van der Waals surface area contributed by atoms with Crippen LogP contribution in [0.5, 0.6) is 0 Å². The number of likely N-dealkylation sites (tertiary alicyclic amines) is 1. The van der Waals surface area contributed by atoms with Crippen LogP contribution in [0.4, 0.5) is 0 Å². The molecule has 3 heterocycles. The summed E-state index contributed by atoms with van der Waals surface area (Å²) in [5.41, 5.74) is 1.41. The fraction of sp³-hybridized carbons (Fsp3) is 0.533. The quantitative estimate of drug-likeness (QED) is 0.854. The summed E-state index contributed by atoms with van der Waals surface area (Å²) in [5, 5.41) is 8.87. The molecule has 1 amide bonds. The van der Waals surface area contributed by atoms with Crippen LogP contribution in [0.15, 0.2) is 18.6 Å². The van der Waals surface area contributed by atoms with Crippen molar-refractivity contribution in [2.45, 2.75) is 31.7 Å². The first-order valence-electron chi connectivity index (χ1n) is 7.55. The summed E-state index contributed by atoms with van der Waals surface area (Å²) in [4.78, 5) is 14.8. The summed E-state index contributed by atoms with van der Waals surface area (Å²) in [5.74, 6) is -0.0960. The maximum Gasteiger partial charge on any atom is 0.276 e. The highest BCUT2D eigenvalue weighted by atomic mass is 35.5. The molecule has 0 aromatic carbocycles. The van der Waals surface area contributed by atoms with Crippen LogP contribution in [0.2, 0.25) is 5.02 Å². The number of rotatable bonds is 2. The maximum absolute atomic E-state index is 12.9. The van der Waals surface area contributed by atoms with E-state index >= 15 is 0 Å². The zero-order valence-corrected chi connectivity index (χ0v) is 13.6. The molecule has 22 heavy (non-hydrogen) atoms. The number of hydrogen-bond donors (Lipinski definition) is 0. The third-order valence-electron chi connectivity index (χ3n) is 4.11. The van der Waals surface area contributed by atoms with Crippen LogP contribution >= 0.6 is 11.6 Å². The first-order valence-corrected chi connectivity index (χ1v) is 7.92. The molecule has 2 aromatic heterocycles. The Labute approximate surface area is 134 Å². The zero-order chi connectivity index (χ0) is 15.7.